The van der Waals surface area contributed by atoms with Crippen LogP contribution in [0, 0.1) is 5.82 Å². The van der Waals surface area contributed by atoms with Crippen LogP contribution in [0.5, 0.6) is 0 Å². The van der Waals surface area contributed by atoms with E-state index < -0.39 is 0 Å². The lowest BCUT2D eigenvalue weighted by Crippen LogP contribution is -2.44. The third-order valence-corrected chi connectivity index (χ3v) is 5.72. The van der Waals surface area contributed by atoms with Crippen molar-refractivity contribution in [2.75, 3.05) is 40.0 Å². The highest BCUT2D eigenvalue weighted by atomic mass is 19.1. The van der Waals surface area contributed by atoms with E-state index in [1.165, 1.54) is 12.1 Å². The van der Waals surface area contributed by atoms with Gasteiger partial charge in [0.15, 0.2) is 5.65 Å². The predicted molar refractivity (Wildman–Crippen MR) is 117 cm³/mol. The Labute approximate surface area is 185 Å². The monoisotopic (exact) mass is 442 g/mol. The number of methoxy groups -OCH3 is 1. The summed E-state index contributed by atoms with van der Waals surface area (Å²) in [5, 5.41) is 0. The zero-order valence-corrected chi connectivity index (χ0v) is 18.1. The fraction of sp³-hybridized carbons (Fsp3) is 0.435. The molecule has 1 saturated heterocycles. The Hall–Kier alpha value is -3.04. The highest BCUT2D eigenvalue weighted by Crippen LogP contribution is 2.24. The number of carbonyl (C=O) groups excluding carboxylic acids is 1. The molecular formula is C23H27FN4O4. The van der Waals surface area contributed by atoms with Crippen LogP contribution in [0.4, 0.5) is 4.39 Å². The van der Waals surface area contributed by atoms with E-state index in [1.807, 2.05) is 6.07 Å². The number of carbonyl (C=O) groups is 1. The maximum absolute atomic E-state index is 13.7. The van der Waals surface area contributed by atoms with Crippen molar-refractivity contribution in [1.29, 1.82) is 0 Å². The summed E-state index contributed by atoms with van der Waals surface area (Å²) in [6.45, 7) is 2.08. The molecule has 1 amide bonds. The minimum Gasteiger partial charge on any atom is -0.382 e. The maximum Gasteiger partial charge on any atom is 0.330 e. The zero-order chi connectivity index (χ0) is 22.5. The summed E-state index contributed by atoms with van der Waals surface area (Å²) < 4.78 is 27.3. The van der Waals surface area contributed by atoms with Crippen LogP contribution in [0.2, 0.25) is 0 Å². The van der Waals surface area contributed by atoms with Crippen molar-refractivity contribution in [3.8, 4) is 0 Å². The number of hydrogen-bond donors (Lipinski definition) is 0. The first kappa shape index (κ1) is 22.2. The second kappa shape index (κ2) is 10.1. The second-order valence-electron chi connectivity index (χ2n) is 7.90. The summed E-state index contributed by atoms with van der Waals surface area (Å²) in [6.07, 6.45) is 3.20. The van der Waals surface area contributed by atoms with Crippen LogP contribution in [0.15, 0.2) is 47.4 Å². The van der Waals surface area contributed by atoms with Crippen LogP contribution in [0.25, 0.3) is 11.2 Å². The molecule has 32 heavy (non-hydrogen) atoms. The molecule has 1 fully saturated rings. The molecule has 0 bridgehead atoms. The number of hydrogen-bond acceptors (Lipinski definition) is 5. The highest BCUT2D eigenvalue weighted by molar-refractivity contribution is 5.77. The van der Waals surface area contributed by atoms with E-state index in [4.69, 9.17) is 9.47 Å². The van der Waals surface area contributed by atoms with E-state index in [2.05, 4.69) is 4.98 Å². The first-order valence-electron chi connectivity index (χ1n) is 10.7. The number of imidazole rings is 1. The molecule has 0 spiro atoms. The SMILES string of the molecule is COCCOCC(=O)N1CCC[C@H](n2c(=O)n(Cc3cccc(F)c3)c3cccnc32)C1. The summed E-state index contributed by atoms with van der Waals surface area (Å²) in [4.78, 5) is 32.2. The Balaban J connectivity index is 1.59. The number of fused-ring (bicyclic) bond motifs is 1. The van der Waals surface area contributed by atoms with Gasteiger partial charge in [0.05, 0.1) is 31.3 Å². The van der Waals surface area contributed by atoms with E-state index in [-0.39, 0.29) is 36.6 Å². The molecular weight excluding hydrogens is 415 g/mol. The van der Waals surface area contributed by atoms with Gasteiger partial charge in [-0.2, -0.15) is 0 Å². The lowest BCUT2D eigenvalue weighted by molar-refractivity contribution is -0.138. The van der Waals surface area contributed by atoms with Crippen LogP contribution in [-0.2, 0) is 20.8 Å². The van der Waals surface area contributed by atoms with E-state index in [0.29, 0.717) is 43.0 Å². The summed E-state index contributed by atoms with van der Waals surface area (Å²) >= 11 is 0. The van der Waals surface area contributed by atoms with Gasteiger partial charge < -0.3 is 14.4 Å². The van der Waals surface area contributed by atoms with Crippen molar-refractivity contribution < 1.29 is 18.7 Å². The first-order chi connectivity index (χ1) is 15.6. The van der Waals surface area contributed by atoms with Gasteiger partial charge in [0, 0.05) is 26.4 Å². The van der Waals surface area contributed by atoms with Gasteiger partial charge in [0.25, 0.3) is 0 Å². The Morgan fingerprint density at radius 1 is 1.25 bits per heavy atom. The van der Waals surface area contributed by atoms with Crippen LogP contribution < -0.4 is 5.69 Å². The Morgan fingerprint density at radius 2 is 2.12 bits per heavy atom. The molecule has 1 atom stereocenters. The maximum atomic E-state index is 13.7. The number of halogens is 1. The molecule has 1 aromatic carbocycles. The van der Waals surface area contributed by atoms with E-state index in [9.17, 15) is 14.0 Å². The third-order valence-electron chi connectivity index (χ3n) is 5.72. The smallest absolute Gasteiger partial charge is 0.330 e. The molecule has 0 aliphatic carbocycles. The predicted octanol–water partition coefficient (Wildman–Crippen LogP) is 2.21. The number of likely N-dealkylation sites (tertiary alicyclic amines) is 1. The first-order valence-corrected chi connectivity index (χ1v) is 10.7. The lowest BCUT2D eigenvalue weighted by Gasteiger charge is -2.33. The Kier molecular flexibility index (Phi) is 6.96. The third kappa shape index (κ3) is 4.73. The Bertz CT molecular complexity index is 1140. The number of piperidine rings is 1. The topological polar surface area (TPSA) is 78.6 Å². The minimum atomic E-state index is -0.341. The summed E-state index contributed by atoms with van der Waals surface area (Å²) in [5.74, 6) is -0.443. The number of amides is 1. The van der Waals surface area contributed by atoms with Crippen molar-refractivity contribution >= 4 is 17.1 Å². The van der Waals surface area contributed by atoms with Gasteiger partial charge >= 0.3 is 5.69 Å². The molecule has 1 aliphatic rings. The zero-order valence-electron chi connectivity index (χ0n) is 18.1. The highest BCUT2D eigenvalue weighted by Gasteiger charge is 2.28. The van der Waals surface area contributed by atoms with Crippen molar-refractivity contribution in [3.63, 3.8) is 0 Å². The number of aromatic nitrogens is 3. The largest absolute Gasteiger partial charge is 0.382 e. The number of ether oxygens (including phenoxy) is 2. The van der Waals surface area contributed by atoms with Crippen molar-refractivity contribution in [2.24, 2.45) is 0 Å². The molecule has 9 heteroatoms. The molecule has 170 valence electrons. The number of benzene rings is 1. The molecule has 4 rings (SSSR count). The molecule has 3 heterocycles. The Morgan fingerprint density at radius 3 is 2.94 bits per heavy atom. The van der Waals surface area contributed by atoms with Gasteiger partial charge in [-0.1, -0.05) is 12.1 Å². The fourth-order valence-electron chi connectivity index (χ4n) is 4.19. The van der Waals surface area contributed by atoms with Crippen molar-refractivity contribution in [1.82, 2.24) is 19.0 Å². The average Bonchev–Trinajstić information content (AvgIpc) is 3.08. The molecule has 0 saturated carbocycles. The standard InChI is InChI=1S/C23H27FN4O4/c1-31-11-12-32-16-21(29)26-10-4-7-19(15-26)28-22-20(8-3-9-25-22)27(23(28)30)14-17-5-2-6-18(24)13-17/h2-3,5-6,8-9,13,19H,4,7,10-12,14-16H2,1H3/t19-/m0/s1. The average molecular weight is 442 g/mol. The molecule has 3 aromatic rings. The quantitative estimate of drug-likeness (QED) is 0.500. The van der Waals surface area contributed by atoms with Crippen LogP contribution in [-0.4, -0.2) is 64.9 Å². The van der Waals surface area contributed by atoms with E-state index in [1.54, 1.807) is 45.5 Å². The van der Waals surface area contributed by atoms with Crippen LogP contribution in [0.1, 0.15) is 24.4 Å². The number of rotatable bonds is 8. The van der Waals surface area contributed by atoms with Crippen LogP contribution >= 0.6 is 0 Å². The summed E-state index contributed by atoms with van der Waals surface area (Å²) in [7, 11) is 1.58. The minimum absolute atomic E-state index is 0.00937. The summed E-state index contributed by atoms with van der Waals surface area (Å²) in [6, 6.07) is 9.66. The molecule has 1 aliphatic heterocycles. The van der Waals surface area contributed by atoms with Gasteiger partial charge in [-0.15, -0.1) is 0 Å². The lowest BCUT2D eigenvalue weighted by atomic mass is 10.1. The fourth-order valence-corrected chi connectivity index (χ4v) is 4.19. The number of nitrogens with zero attached hydrogens (tertiary/aromatic N) is 4. The molecule has 0 radical (unpaired) electrons. The van der Waals surface area contributed by atoms with Gasteiger partial charge in [0.2, 0.25) is 5.91 Å². The number of pyridine rings is 1. The van der Waals surface area contributed by atoms with E-state index in [0.717, 1.165) is 12.8 Å². The second-order valence-corrected chi connectivity index (χ2v) is 7.90. The molecule has 8 nitrogen and oxygen atoms in total. The van der Waals surface area contributed by atoms with Crippen molar-refractivity contribution in [3.05, 3.63) is 64.5 Å². The molecule has 0 N–H and O–H groups in total. The molecule has 0 unspecified atom stereocenters. The normalized spacial score (nSPS) is 16.6. The van der Waals surface area contributed by atoms with Crippen molar-refractivity contribution in [2.45, 2.75) is 25.4 Å². The van der Waals surface area contributed by atoms with Gasteiger partial charge in [0.1, 0.15) is 12.4 Å². The summed E-state index contributed by atoms with van der Waals surface area (Å²) in [5.41, 5.74) is 1.75. The van der Waals surface area contributed by atoms with Gasteiger partial charge in [-0.3, -0.25) is 13.9 Å². The van der Waals surface area contributed by atoms with Gasteiger partial charge in [-0.05, 0) is 42.7 Å². The van der Waals surface area contributed by atoms with E-state index >= 15 is 0 Å². The van der Waals surface area contributed by atoms with Gasteiger partial charge in [-0.25, -0.2) is 14.2 Å². The van der Waals surface area contributed by atoms with Crippen LogP contribution in [0.3, 0.4) is 0 Å². The molecule has 2 aromatic heterocycles.